The fourth-order valence-corrected chi connectivity index (χ4v) is 5.20. The summed E-state index contributed by atoms with van der Waals surface area (Å²) in [6.45, 7) is 8.11. The van der Waals surface area contributed by atoms with Crippen molar-refractivity contribution in [3.8, 4) is 0 Å². The molecule has 1 amide bonds. The van der Waals surface area contributed by atoms with Crippen LogP contribution in [-0.4, -0.2) is 22.1 Å². The Morgan fingerprint density at radius 2 is 1.92 bits per heavy atom. The summed E-state index contributed by atoms with van der Waals surface area (Å²) in [6.07, 6.45) is -3.73. The zero-order valence-electron chi connectivity index (χ0n) is 20.8. The van der Waals surface area contributed by atoms with E-state index in [-0.39, 0.29) is 17.6 Å². The molecule has 0 bridgehead atoms. The Morgan fingerprint density at radius 3 is 2.47 bits per heavy atom. The zero-order valence-corrected chi connectivity index (χ0v) is 21.6. The van der Waals surface area contributed by atoms with E-state index < -0.39 is 54.0 Å². The second-order valence-corrected chi connectivity index (χ2v) is 11.4. The average Bonchev–Trinajstić information content (AvgIpc) is 3.14. The van der Waals surface area contributed by atoms with E-state index in [9.17, 15) is 22.8 Å². The number of hydrogen-bond acceptors (Lipinski definition) is 4. The number of carboxylic acids is 1. The van der Waals surface area contributed by atoms with Crippen LogP contribution in [0.2, 0.25) is 5.02 Å². The van der Waals surface area contributed by atoms with E-state index in [4.69, 9.17) is 21.2 Å². The fraction of sp³-hybridized carbons (Fsp3) is 0.577. The summed E-state index contributed by atoms with van der Waals surface area (Å²) in [7, 11) is 0. The maximum atomic E-state index is 14.2. The van der Waals surface area contributed by atoms with Gasteiger partial charge in [-0.1, -0.05) is 43.6 Å². The van der Waals surface area contributed by atoms with Crippen LogP contribution in [0, 0.1) is 18.3 Å². The Bertz CT molecular complexity index is 1100. The van der Waals surface area contributed by atoms with Crippen LogP contribution < -0.4 is 5.32 Å². The molecule has 0 saturated heterocycles. The number of aromatic nitrogens is 1. The highest BCUT2D eigenvalue weighted by Gasteiger charge is 2.47. The number of aryl methyl sites for hydroxylation is 1. The molecular weight excluding hydrogens is 497 g/mol. The third kappa shape index (κ3) is 7.24. The Kier molecular flexibility index (Phi) is 8.43. The number of benzene rings is 1. The smallest absolute Gasteiger partial charge is 0.421 e. The molecular formula is C26H32ClF3N2O4. The number of nitrogens with one attached hydrogen (secondary N) is 1. The lowest BCUT2D eigenvalue weighted by atomic mass is 9.67. The minimum atomic E-state index is -4.75. The molecule has 198 valence electrons. The van der Waals surface area contributed by atoms with Gasteiger partial charge in [-0.05, 0) is 61.6 Å². The number of rotatable bonds is 9. The highest BCUT2D eigenvalue weighted by atomic mass is 35.5. The minimum Gasteiger partial charge on any atom is -0.481 e. The predicted molar refractivity (Wildman–Crippen MR) is 130 cm³/mol. The highest BCUT2D eigenvalue weighted by Crippen LogP contribution is 2.51. The summed E-state index contributed by atoms with van der Waals surface area (Å²) in [6, 6.07) is 4.98. The molecule has 0 aliphatic heterocycles. The zero-order chi connectivity index (χ0) is 26.8. The van der Waals surface area contributed by atoms with Gasteiger partial charge < -0.3 is 14.9 Å². The topological polar surface area (TPSA) is 92.4 Å². The van der Waals surface area contributed by atoms with Crippen LogP contribution in [-0.2, 0) is 15.8 Å². The lowest BCUT2D eigenvalue weighted by molar-refractivity contribution is -0.140. The third-order valence-corrected chi connectivity index (χ3v) is 6.77. The first-order valence-electron chi connectivity index (χ1n) is 12.0. The average molecular weight is 529 g/mol. The number of hydrogen-bond donors (Lipinski definition) is 2. The van der Waals surface area contributed by atoms with Crippen LogP contribution in [0.25, 0.3) is 0 Å². The summed E-state index contributed by atoms with van der Waals surface area (Å²) < 4.78 is 47.9. The van der Waals surface area contributed by atoms with Crippen molar-refractivity contribution >= 4 is 29.2 Å². The van der Waals surface area contributed by atoms with Crippen LogP contribution in [0.1, 0.15) is 93.7 Å². The van der Waals surface area contributed by atoms with E-state index in [1.807, 2.05) is 6.92 Å². The molecule has 1 saturated carbocycles. The van der Waals surface area contributed by atoms with E-state index in [0.29, 0.717) is 29.5 Å². The Morgan fingerprint density at radius 1 is 1.25 bits per heavy atom. The van der Waals surface area contributed by atoms with Crippen molar-refractivity contribution < 1.29 is 32.4 Å². The second-order valence-electron chi connectivity index (χ2n) is 11.0. The van der Waals surface area contributed by atoms with Gasteiger partial charge in [0.05, 0.1) is 16.4 Å². The van der Waals surface area contributed by atoms with Gasteiger partial charge in [-0.15, -0.1) is 0 Å². The molecule has 10 heteroatoms. The molecule has 0 spiro atoms. The van der Waals surface area contributed by atoms with Crippen molar-refractivity contribution in [2.45, 2.75) is 84.2 Å². The third-order valence-electron chi connectivity index (χ3n) is 6.46. The molecule has 1 aliphatic carbocycles. The van der Waals surface area contributed by atoms with Gasteiger partial charge in [-0.3, -0.25) is 9.59 Å². The van der Waals surface area contributed by atoms with Crippen molar-refractivity contribution in [1.82, 2.24) is 5.16 Å². The quantitative estimate of drug-likeness (QED) is 0.350. The van der Waals surface area contributed by atoms with Gasteiger partial charge in [-0.2, -0.15) is 13.2 Å². The van der Waals surface area contributed by atoms with Gasteiger partial charge in [0.25, 0.3) is 0 Å². The fourth-order valence-electron chi connectivity index (χ4n) is 4.92. The van der Waals surface area contributed by atoms with Crippen LogP contribution >= 0.6 is 11.6 Å². The van der Waals surface area contributed by atoms with Crippen LogP contribution in [0.3, 0.4) is 0 Å². The summed E-state index contributed by atoms with van der Waals surface area (Å²) in [5.41, 5.74) is -0.116. The van der Waals surface area contributed by atoms with E-state index in [1.54, 1.807) is 18.2 Å². The van der Waals surface area contributed by atoms with E-state index in [0.717, 1.165) is 12.0 Å². The van der Waals surface area contributed by atoms with Crippen LogP contribution in [0.15, 0.2) is 22.7 Å². The van der Waals surface area contributed by atoms with E-state index in [1.165, 1.54) is 0 Å². The monoisotopic (exact) mass is 528 g/mol. The summed E-state index contributed by atoms with van der Waals surface area (Å²) >= 11 is 6.16. The Hall–Kier alpha value is -2.55. The molecule has 1 atom stereocenters. The molecule has 6 nitrogen and oxygen atoms in total. The number of carbonyl (C=O) groups is 2. The molecule has 1 aromatic carbocycles. The molecule has 3 rings (SSSR count). The highest BCUT2D eigenvalue weighted by molar-refractivity contribution is 6.33. The maximum Gasteiger partial charge on any atom is 0.421 e. The second kappa shape index (κ2) is 10.8. The van der Waals surface area contributed by atoms with Gasteiger partial charge in [0.15, 0.2) is 5.76 Å². The maximum absolute atomic E-state index is 14.2. The molecule has 0 radical (unpaired) electrons. The molecule has 1 aromatic heterocycles. The molecule has 1 fully saturated rings. The van der Waals surface area contributed by atoms with Crippen molar-refractivity contribution in [3.63, 3.8) is 0 Å². The van der Waals surface area contributed by atoms with E-state index >= 15 is 0 Å². The first kappa shape index (κ1) is 28.0. The first-order valence-corrected chi connectivity index (χ1v) is 12.4. The number of anilines is 1. The summed E-state index contributed by atoms with van der Waals surface area (Å²) in [5, 5.41) is 15.8. The molecule has 2 N–H and O–H groups in total. The van der Waals surface area contributed by atoms with Gasteiger partial charge in [0.2, 0.25) is 5.91 Å². The van der Waals surface area contributed by atoms with Crippen LogP contribution in [0.4, 0.5) is 18.9 Å². The van der Waals surface area contributed by atoms with Crippen molar-refractivity contribution in [1.29, 1.82) is 0 Å². The number of amides is 1. The molecule has 1 heterocycles. The molecule has 2 aromatic rings. The molecule has 36 heavy (non-hydrogen) atoms. The normalized spacial score (nSPS) is 19.0. The Balaban J connectivity index is 1.85. The van der Waals surface area contributed by atoms with Gasteiger partial charge in [-0.25, -0.2) is 0 Å². The van der Waals surface area contributed by atoms with Crippen molar-refractivity contribution in [2.75, 3.05) is 5.32 Å². The number of alkyl halides is 3. The van der Waals surface area contributed by atoms with Crippen molar-refractivity contribution in [3.05, 3.63) is 45.8 Å². The van der Waals surface area contributed by atoms with Gasteiger partial charge >= 0.3 is 12.1 Å². The minimum absolute atomic E-state index is 0.0741. The van der Waals surface area contributed by atoms with Gasteiger partial charge in [0, 0.05) is 24.7 Å². The van der Waals surface area contributed by atoms with Gasteiger partial charge in [0.1, 0.15) is 5.56 Å². The van der Waals surface area contributed by atoms with Crippen LogP contribution in [0.5, 0.6) is 0 Å². The molecule has 0 unspecified atom stereocenters. The first-order chi connectivity index (χ1) is 16.6. The lowest BCUT2D eigenvalue weighted by Crippen LogP contribution is -2.27. The number of carbonyl (C=O) groups excluding carboxylic acids is 1. The number of halogens is 4. The number of carboxylic acid groups (broad SMARTS) is 1. The summed E-state index contributed by atoms with van der Waals surface area (Å²) in [5.74, 6) is -3.19. The predicted octanol–water partition coefficient (Wildman–Crippen LogP) is 7.56. The number of nitrogens with zero attached hydrogens (tertiary/aromatic N) is 1. The summed E-state index contributed by atoms with van der Waals surface area (Å²) in [4.78, 5) is 24.0. The number of aliphatic carboxylic acids is 1. The van der Waals surface area contributed by atoms with E-state index in [2.05, 4.69) is 31.2 Å². The largest absolute Gasteiger partial charge is 0.481 e. The Labute approximate surface area is 213 Å². The standard InChI is InChI=1S/C26H32ClF3N2O4/c1-14-5-7-19(18(27)9-14)31-20(33)12-16(6-8-21(34)35)23-22(26(28,29)30)24(36-32-23)17-10-15(11-17)13-25(2,3)4/h5,7,9,15-17H,6,8,10-13H2,1-4H3,(H,31,33)(H,34,35)/t15-,16-,17+/m1/s1. The molecule has 1 aliphatic rings. The van der Waals surface area contributed by atoms with Crippen molar-refractivity contribution in [2.24, 2.45) is 11.3 Å². The lowest BCUT2D eigenvalue weighted by Gasteiger charge is -2.38. The SMILES string of the molecule is Cc1ccc(NC(=O)C[C@@H](CCC(=O)O)c2noc([C@H]3C[C@@H](CC(C)(C)C)C3)c2C(F)(F)F)c(Cl)c1.